The van der Waals surface area contributed by atoms with Crippen LogP contribution < -0.4 is 14.5 Å². The van der Waals surface area contributed by atoms with Crippen molar-refractivity contribution in [3.63, 3.8) is 0 Å². The molecule has 1 aliphatic rings. The Balaban J connectivity index is 1.02. The Hall–Kier alpha value is -7.89. The fourth-order valence-corrected chi connectivity index (χ4v) is 8.09. The molecule has 0 saturated heterocycles. The first-order valence-corrected chi connectivity index (χ1v) is 19.2. The second-order valence-corrected chi connectivity index (χ2v) is 14.1. The van der Waals surface area contributed by atoms with Gasteiger partial charge in [-0.3, -0.25) is 4.57 Å². The Bertz CT molecular complexity index is 3570. The molecule has 0 atom stereocenters. The molecule has 0 aliphatic carbocycles. The zero-order valence-corrected chi connectivity index (χ0v) is 31.4. The molecule has 0 N–H and O–H groups in total. The molecule has 0 bridgehead atoms. The molecule has 1 aliphatic heterocycles. The van der Waals surface area contributed by atoms with Crippen molar-refractivity contribution in [1.29, 1.82) is 0 Å². The number of para-hydroxylation sites is 3. The zero-order chi connectivity index (χ0) is 47.8. The molecule has 0 saturated carbocycles. The predicted octanol–water partition coefficient (Wildman–Crippen LogP) is 14.2. The highest BCUT2D eigenvalue weighted by atomic mass is 16.5. The first-order chi connectivity index (χ1) is 33.4. The number of rotatable bonds is 8. The Kier molecular flexibility index (Phi) is 6.26. The summed E-state index contributed by atoms with van der Waals surface area (Å²) < 4.78 is 95.8. The Morgan fingerprint density at radius 1 is 0.475 bits per heavy atom. The predicted molar refractivity (Wildman–Crippen MR) is 243 cm³/mol. The van der Waals surface area contributed by atoms with Crippen LogP contribution in [0.5, 0.6) is 11.5 Å². The molecule has 5 heteroatoms. The maximum absolute atomic E-state index is 9.02. The monoisotopic (exact) mass is 768 g/mol. The van der Waals surface area contributed by atoms with Crippen molar-refractivity contribution in [2.75, 3.05) is 16.5 Å². The van der Waals surface area contributed by atoms with Crippen molar-refractivity contribution < 1.29 is 18.4 Å². The minimum Gasteiger partial charge on any atom is -0.457 e. The number of nitrogens with zero attached hydrogens (tertiary/aromatic N) is 4. The average molecular weight is 769 g/mol. The van der Waals surface area contributed by atoms with Gasteiger partial charge in [0.25, 0.3) is 0 Å². The van der Waals surface area contributed by atoms with Crippen molar-refractivity contribution in [2.45, 2.75) is 0 Å². The van der Waals surface area contributed by atoms with Crippen LogP contribution in [0.3, 0.4) is 0 Å². The fraction of sp³-hybridized carbons (Fsp3) is 0.0185. The van der Waals surface area contributed by atoms with Crippen LogP contribution >= 0.6 is 0 Å². The third-order valence-electron chi connectivity index (χ3n) is 10.7. The summed E-state index contributed by atoms with van der Waals surface area (Å²) >= 11 is 0. The molecule has 8 aromatic carbocycles. The van der Waals surface area contributed by atoms with E-state index in [1.54, 1.807) is 24.4 Å². The van der Waals surface area contributed by atoms with Gasteiger partial charge in [-0.05, 0) is 82.9 Å². The number of hydrogen-bond donors (Lipinski definition) is 0. The lowest BCUT2D eigenvalue weighted by molar-refractivity contribution is 0.483. The maximum Gasteiger partial charge on any atom is 0.137 e. The molecule has 2 aromatic heterocycles. The summed E-state index contributed by atoms with van der Waals surface area (Å²) in [6, 6.07) is 43.7. The number of aromatic nitrogens is 2. The number of hydrogen-bond acceptors (Lipinski definition) is 4. The van der Waals surface area contributed by atoms with Gasteiger partial charge >= 0.3 is 0 Å². The van der Waals surface area contributed by atoms with Crippen LogP contribution in [0.25, 0.3) is 61.0 Å². The SMILES string of the molecule is [2H]c1c([2H])c([2H])c(-c2cccc(-c3c([2H])c([2H])c([2H])c([2H])c3[2H])c2N2CN(c3cccc(Oc4ccc5c6cc(-c7ccccc7)ccc6n(-c6ccccn6)c5c4)c3)c3ccccc32)c([2H])c1[2H]. The summed E-state index contributed by atoms with van der Waals surface area (Å²) in [4.78, 5) is 8.66. The topological polar surface area (TPSA) is 33.5 Å². The normalized spacial score (nSPS) is 14.6. The van der Waals surface area contributed by atoms with Crippen molar-refractivity contribution >= 4 is 44.6 Å². The molecular formula is C54H38N4O. The van der Waals surface area contributed by atoms with E-state index in [4.69, 9.17) is 23.4 Å². The van der Waals surface area contributed by atoms with E-state index in [9.17, 15) is 0 Å². The van der Waals surface area contributed by atoms with Gasteiger partial charge in [-0.1, -0.05) is 139 Å². The van der Waals surface area contributed by atoms with Crippen LogP contribution in [-0.4, -0.2) is 16.2 Å². The van der Waals surface area contributed by atoms with E-state index in [1.807, 2.05) is 107 Å². The maximum atomic E-state index is 9.02. The van der Waals surface area contributed by atoms with Gasteiger partial charge in [-0.15, -0.1) is 0 Å². The first kappa shape index (κ1) is 25.4. The molecule has 0 fully saturated rings. The highest BCUT2D eigenvalue weighted by Gasteiger charge is 2.31. The summed E-state index contributed by atoms with van der Waals surface area (Å²) in [6.45, 7) is 0.116. The van der Waals surface area contributed by atoms with Gasteiger partial charge in [0.2, 0.25) is 0 Å². The molecule has 0 spiro atoms. The van der Waals surface area contributed by atoms with Crippen LogP contribution in [0.2, 0.25) is 0 Å². The molecule has 11 rings (SSSR count). The van der Waals surface area contributed by atoms with Gasteiger partial charge in [-0.2, -0.15) is 0 Å². The third-order valence-corrected chi connectivity index (χ3v) is 10.7. The third kappa shape index (κ3) is 6.17. The van der Waals surface area contributed by atoms with Gasteiger partial charge in [0, 0.05) is 45.9 Å². The summed E-state index contributed by atoms with van der Waals surface area (Å²) in [5.41, 5.74) is 6.86. The molecular weight excluding hydrogens is 721 g/mol. The van der Waals surface area contributed by atoms with Crippen molar-refractivity contribution in [1.82, 2.24) is 9.55 Å². The van der Waals surface area contributed by atoms with Crippen LogP contribution in [0, 0.1) is 0 Å². The summed E-state index contributed by atoms with van der Waals surface area (Å²) in [6.07, 6.45) is 1.78. The highest BCUT2D eigenvalue weighted by Crippen LogP contribution is 2.50. The van der Waals surface area contributed by atoms with Gasteiger partial charge in [0.1, 0.15) is 24.0 Å². The molecule has 0 unspecified atom stereocenters. The van der Waals surface area contributed by atoms with E-state index >= 15 is 0 Å². The van der Waals surface area contributed by atoms with Crippen molar-refractivity contribution in [2.24, 2.45) is 0 Å². The molecule has 3 heterocycles. The number of ether oxygens (including phenoxy) is 1. The Morgan fingerprint density at radius 3 is 1.88 bits per heavy atom. The van der Waals surface area contributed by atoms with Crippen LogP contribution in [0.15, 0.2) is 218 Å². The van der Waals surface area contributed by atoms with Gasteiger partial charge in [0.15, 0.2) is 0 Å². The summed E-state index contributed by atoms with van der Waals surface area (Å²) in [5.74, 6) is 1.92. The van der Waals surface area contributed by atoms with Crippen LogP contribution in [-0.2, 0) is 0 Å². The first-order valence-electron chi connectivity index (χ1n) is 24.2. The largest absolute Gasteiger partial charge is 0.457 e. The molecule has 0 radical (unpaired) electrons. The molecule has 0 amide bonds. The van der Waals surface area contributed by atoms with E-state index < -0.39 is 60.4 Å². The lowest BCUT2D eigenvalue weighted by Gasteiger charge is -2.27. The van der Waals surface area contributed by atoms with E-state index in [2.05, 4.69) is 41.0 Å². The minimum atomic E-state index is -0.551. The lowest BCUT2D eigenvalue weighted by Crippen LogP contribution is -2.24. The smallest absolute Gasteiger partial charge is 0.137 e. The minimum absolute atomic E-state index is 0.0905. The fourth-order valence-electron chi connectivity index (χ4n) is 8.09. The standard InChI is InChI=1S/C54H38N4O/c1-4-16-38(17-5-1)41-29-32-49-48(34-41)47-31-30-44(36-52(47)58(49)53-28-12-13-33-55-53)59-43-23-14-22-42(35-43)56-37-57(51-27-11-10-26-50(51)56)54-45(39-18-6-2-7-19-39)24-15-25-46(54)40-20-8-3-9-21-40/h1-36H,37H2/i2D,3D,6D,7D,8D,9D,18D,19D,20D,21D. The van der Waals surface area contributed by atoms with E-state index in [1.165, 1.54) is 0 Å². The second kappa shape index (κ2) is 14.6. The van der Waals surface area contributed by atoms with Gasteiger partial charge < -0.3 is 14.5 Å². The van der Waals surface area contributed by atoms with E-state index in [0.717, 1.165) is 50.1 Å². The van der Waals surface area contributed by atoms with Crippen molar-refractivity contribution in [3.8, 4) is 50.7 Å². The number of fused-ring (bicyclic) bond motifs is 4. The zero-order valence-electron chi connectivity index (χ0n) is 41.4. The summed E-state index contributed by atoms with van der Waals surface area (Å²) in [5, 5.41) is 2.11. The Morgan fingerprint density at radius 2 is 1.15 bits per heavy atom. The van der Waals surface area contributed by atoms with Crippen LogP contribution in [0.1, 0.15) is 13.7 Å². The molecule has 5 nitrogen and oxygen atoms in total. The molecule has 280 valence electrons. The number of benzene rings is 8. The lowest BCUT2D eigenvalue weighted by atomic mass is 9.95. The van der Waals surface area contributed by atoms with Gasteiger partial charge in [-0.25, -0.2) is 4.98 Å². The van der Waals surface area contributed by atoms with Gasteiger partial charge in [0.05, 0.1) is 41.8 Å². The van der Waals surface area contributed by atoms with E-state index in [0.29, 0.717) is 22.9 Å². The van der Waals surface area contributed by atoms with Crippen LogP contribution in [0.4, 0.5) is 22.7 Å². The molecule has 10 aromatic rings. The highest BCUT2D eigenvalue weighted by molar-refractivity contribution is 6.10. The van der Waals surface area contributed by atoms with E-state index in [-0.39, 0.29) is 28.9 Å². The number of anilines is 4. The Labute approximate surface area is 357 Å². The quantitative estimate of drug-likeness (QED) is 0.154. The molecule has 59 heavy (non-hydrogen) atoms. The summed E-state index contributed by atoms with van der Waals surface area (Å²) in [7, 11) is 0. The second-order valence-electron chi connectivity index (χ2n) is 14.1. The van der Waals surface area contributed by atoms with Crippen molar-refractivity contribution in [3.05, 3.63) is 218 Å². The average Bonchev–Trinajstić information content (AvgIpc) is 3.92. The number of pyridine rings is 1.